The van der Waals surface area contributed by atoms with Crippen LogP contribution in [-0.2, 0) is 9.53 Å². The van der Waals surface area contributed by atoms with Gasteiger partial charge in [-0.15, -0.1) is 0 Å². The van der Waals surface area contributed by atoms with E-state index in [4.69, 9.17) is 10.00 Å². The Kier molecular flexibility index (Phi) is 4.36. The number of carbonyl (C=O) groups is 1. The largest absolute Gasteiger partial charge is 0.462 e. The molecule has 1 saturated carbocycles. The summed E-state index contributed by atoms with van der Waals surface area (Å²) < 4.78 is 4.86. The molecule has 1 aliphatic rings. The third-order valence-electron chi connectivity index (χ3n) is 2.72. The van der Waals surface area contributed by atoms with Gasteiger partial charge in [-0.05, 0) is 37.7 Å². The molecule has 1 rings (SSSR count). The Bertz CT molecular complexity index is 312. The third-order valence-corrected chi connectivity index (χ3v) is 2.72. The van der Waals surface area contributed by atoms with Crippen LogP contribution in [-0.4, -0.2) is 12.6 Å². The van der Waals surface area contributed by atoms with E-state index in [0.717, 1.165) is 24.8 Å². The molecular formula is C12H17NO2. The molecule has 0 heterocycles. The summed E-state index contributed by atoms with van der Waals surface area (Å²) >= 11 is 0. The average Bonchev–Trinajstić information content (AvgIpc) is 2.19. The fourth-order valence-electron chi connectivity index (χ4n) is 1.99. The van der Waals surface area contributed by atoms with E-state index in [1.54, 1.807) is 6.92 Å². The van der Waals surface area contributed by atoms with Crippen molar-refractivity contribution in [2.24, 2.45) is 5.92 Å². The predicted molar refractivity (Wildman–Crippen MR) is 56.9 cm³/mol. The van der Waals surface area contributed by atoms with Crippen molar-refractivity contribution in [3.63, 3.8) is 0 Å². The van der Waals surface area contributed by atoms with Gasteiger partial charge >= 0.3 is 5.97 Å². The van der Waals surface area contributed by atoms with E-state index in [9.17, 15) is 4.79 Å². The SMILES string of the molecule is CCOC(=O)/C(C#N)=C1\CCC[C@@H](C)C1. The van der Waals surface area contributed by atoms with Crippen molar-refractivity contribution in [1.82, 2.24) is 0 Å². The minimum Gasteiger partial charge on any atom is -0.462 e. The second kappa shape index (κ2) is 5.55. The molecule has 0 radical (unpaired) electrons. The van der Waals surface area contributed by atoms with Gasteiger partial charge in [0.2, 0.25) is 0 Å². The Morgan fingerprint density at radius 3 is 2.93 bits per heavy atom. The number of nitriles is 1. The number of hydrogen-bond acceptors (Lipinski definition) is 3. The number of nitrogens with zero attached hydrogens (tertiary/aromatic N) is 1. The number of rotatable bonds is 2. The summed E-state index contributed by atoms with van der Waals surface area (Å²) in [4.78, 5) is 11.5. The molecule has 0 aromatic rings. The molecule has 1 fully saturated rings. The molecule has 3 heteroatoms. The van der Waals surface area contributed by atoms with Crippen LogP contribution in [0.2, 0.25) is 0 Å². The Morgan fingerprint density at radius 2 is 2.40 bits per heavy atom. The van der Waals surface area contributed by atoms with Crippen LogP contribution in [0.5, 0.6) is 0 Å². The molecule has 82 valence electrons. The van der Waals surface area contributed by atoms with Crippen LogP contribution >= 0.6 is 0 Å². The summed E-state index contributed by atoms with van der Waals surface area (Å²) in [6.07, 6.45) is 3.99. The Hall–Kier alpha value is -1.30. The standard InChI is InChI=1S/C12H17NO2/c1-3-15-12(14)11(8-13)10-6-4-5-9(2)7-10/h9H,3-7H2,1-2H3/b11-10+/t9-/m1/s1. The number of hydrogen-bond donors (Lipinski definition) is 0. The van der Waals surface area contributed by atoms with E-state index in [2.05, 4.69) is 6.92 Å². The second-order valence-electron chi connectivity index (χ2n) is 4.01. The van der Waals surface area contributed by atoms with Crippen molar-refractivity contribution in [2.45, 2.75) is 39.5 Å². The molecular weight excluding hydrogens is 190 g/mol. The van der Waals surface area contributed by atoms with E-state index in [1.807, 2.05) is 6.07 Å². The minimum absolute atomic E-state index is 0.239. The van der Waals surface area contributed by atoms with Gasteiger partial charge < -0.3 is 4.74 Å². The van der Waals surface area contributed by atoms with Gasteiger partial charge in [0.15, 0.2) is 0 Å². The maximum atomic E-state index is 11.5. The summed E-state index contributed by atoms with van der Waals surface area (Å²) in [5.74, 6) is 0.121. The second-order valence-corrected chi connectivity index (χ2v) is 4.01. The molecule has 1 atom stereocenters. The van der Waals surface area contributed by atoms with Gasteiger partial charge in [0.1, 0.15) is 11.6 Å². The lowest BCUT2D eigenvalue weighted by atomic mass is 9.84. The molecule has 0 aromatic carbocycles. The minimum atomic E-state index is -0.455. The van der Waals surface area contributed by atoms with Crippen molar-refractivity contribution in [2.75, 3.05) is 6.61 Å². The van der Waals surface area contributed by atoms with E-state index < -0.39 is 5.97 Å². The number of allylic oxidation sites excluding steroid dienone is 1. The first-order valence-corrected chi connectivity index (χ1v) is 5.48. The summed E-state index contributed by atoms with van der Waals surface area (Å²) in [5.41, 5.74) is 1.22. The Morgan fingerprint density at radius 1 is 1.67 bits per heavy atom. The maximum absolute atomic E-state index is 11.5. The van der Waals surface area contributed by atoms with E-state index >= 15 is 0 Å². The van der Waals surface area contributed by atoms with Gasteiger partial charge in [-0.25, -0.2) is 4.79 Å². The number of ether oxygens (including phenoxy) is 1. The molecule has 0 N–H and O–H groups in total. The van der Waals surface area contributed by atoms with Crippen molar-refractivity contribution in [1.29, 1.82) is 5.26 Å². The van der Waals surface area contributed by atoms with Crippen molar-refractivity contribution in [3.8, 4) is 6.07 Å². The van der Waals surface area contributed by atoms with Crippen molar-refractivity contribution >= 4 is 5.97 Å². The lowest BCUT2D eigenvalue weighted by Crippen LogP contribution is -2.13. The van der Waals surface area contributed by atoms with Crippen LogP contribution in [0.4, 0.5) is 0 Å². The third kappa shape index (κ3) is 3.09. The first-order chi connectivity index (χ1) is 7.19. The van der Waals surface area contributed by atoms with Gasteiger partial charge in [-0.1, -0.05) is 13.3 Å². The van der Waals surface area contributed by atoms with E-state index in [1.165, 1.54) is 6.42 Å². The van der Waals surface area contributed by atoms with Gasteiger partial charge in [-0.3, -0.25) is 0 Å². The average molecular weight is 207 g/mol. The number of esters is 1. The highest BCUT2D eigenvalue weighted by Crippen LogP contribution is 2.30. The van der Waals surface area contributed by atoms with Crippen LogP contribution in [0.15, 0.2) is 11.1 Å². The summed E-state index contributed by atoms with van der Waals surface area (Å²) in [6.45, 7) is 4.23. The van der Waals surface area contributed by atoms with Crippen molar-refractivity contribution < 1.29 is 9.53 Å². The van der Waals surface area contributed by atoms with Gasteiger partial charge in [0, 0.05) is 0 Å². The fraction of sp³-hybridized carbons (Fsp3) is 0.667. The summed E-state index contributed by atoms with van der Waals surface area (Å²) in [6, 6.07) is 1.98. The highest BCUT2D eigenvalue weighted by atomic mass is 16.5. The Labute approximate surface area is 90.7 Å². The van der Waals surface area contributed by atoms with Gasteiger partial charge in [0.25, 0.3) is 0 Å². The predicted octanol–water partition coefficient (Wildman–Crippen LogP) is 2.58. The normalized spacial score (nSPS) is 24.2. The molecule has 0 bridgehead atoms. The smallest absolute Gasteiger partial charge is 0.348 e. The topological polar surface area (TPSA) is 50.1 Å². The first-order valence-electron chi connectivity index (χ1n) is 5.48. The first kappa shape index (κ1) is 11.8. The lowest BCUT2D eigenvalue weighted by Gasteiger charge is -2.21. The van der Waals surface area contributed by atoms with Crippen LogP contribution in [0.25, 0.3) is 0 Å². The molecule has 0 saturated heterocycles. The van der Waals surface area contributed by atoms with E-state index in [0.29, 0.717) is 12.5 Å². The van der Waals surface area contributed by atoms with Gasteiger partial charge in [-0.2, -0.15) is 5.26 Å². The zero-order valence-corrected chi connectivity index (χ0v) is 9.38. The molecule has 0 aromatic heterocycles. The molecule has 0 spiro atoms. The van der Waals surface area contributed by atoms with Crippen LogP contribution in [0, 0.1) is 17.2 Å². The highest BCUT2D eigenvalue weighted by molar-refractivity contribution is 5.93. The quantitative estimate of drug-likeness (QED) is 0.397. The molecule has 0 unspecified atom stereocenters. The molecule has 0 aliphatic heterocycles. The monoisotopic (exact) mass is 207 g/mol. The zero-order chi connectivity index (χ0) is 11.3. The molecule has 0 amide bonds. The van der Waals surface area contributed by atoms with Gasteiger partial charge in [0.05, 0.1) is 6.61 Å². The lowest BCUT2D eigenvalue weighted by molar-refractivity contribution is -0.138. The number of carbonyl (C=O) groups excluding carboxylic acids is 1. The highest BCUT2D eigenvalue weighted by Gasteiger charge is 2.21. The van der Waals surface area contributed by atoms with Crippen LogP contribution in [0.1, 0.15) is 39.5 Å². The maximum Gasteiger partial charge on any atom is 0.348 e. The molecule has 15 heavy (non-hydrogen) atoms. The van der Waals surface area contributed by atoms with E-state index in [-0.39, 0.29) is 5.57 Å². The molecule has 3 nitrogen and oxygen atoms in total. The summed E-state index contributed by atoms with van der Waals surface area (Å²) in [7, 11) is 0. The molecule has 1 aliphatic carbocycles. The van der Waals surface area contributed by atoms with Crippen molar-refractivity contribution in [3.05, 3.63) is 11.1 Å². The fourth-order valence-corrected chi connectivity index (χ4v) is 1.99. The zero-order valence-electron chi connectivity index (χ0n) is 9.38. The summed E-state index contributed by atoms with van der Waals surface area (Å²) in [5, 5.41) is 8.95. The van der Waals surface area contributed by atoms with Crippen LogP contribution < -0.4 is 0 Å². The Balaban J connectivity index is 2.83. The van der Waals surface area contributed by atoms with Crippen LogP contribution in [0.3, 0.4) is 0 Å².